The molecule has 4 nitrogen and oxygen atoms in total. The van der Waals surface area contributed by atoms with Gasteiger partial charge in [0.2, 0.25) is 5.91 Å². The van der Waals surface area contributed by atoms with Crippen molar-refractivity contribution in [2.24, 2.45) is 4.99 Å². The molecule has 0 saturated heterocycles. The lowest BCUT2D eigenvalue weighted by atomic mass is 9.93. The minimum Gasteiger partial charge on any atom is -0.306 e. The number of carbonyl (C=O) groups is 1. The molecular weight excluding hydrogens is 334 g/mol. The molecule has 1 aliphatic carbocycles. The topological polar surface area (TPSA) is 45.6 Å². The van der Waals surface area contributed by atoms with Crippen molar-refractivity contribution in [2.75, 3.05) is 11.4 Å². The van der Waals surface area contributed by atoms with E-state index in [1.807, 2.05) is 41.3 Å². The molecule has 1 aromatic carbocycles. The van der Waals surface area contributed by atoms with Crippen molar-refractivity contribution in [3.63, 3.8) is 0 Å². The first-order valence-corrected chi connectivity index (χ1v) is 9.20. The van der Waals surface area contributed by atoms with E-state index in [1.54, 1.807) is 6.07 Å². The number of amides is 1. The average molecular weight is 354 g/mol. The molecule has 4 rings (SSSR count). The van der Waals surface area contributed by atoms with Crippen LogP contribution in [-0.4, -0.2) is 29.2 Å². The molecular formula is C20H20ClN3O. The van der Waals surface area contributed by atoms with Crippen LogP contribution in [0.1, 0.15) is 43.4 Å². The van der Waals surface area contributed by atoms with Crippen LogP contribution in [0.5, 0.6) is 0 Å². The highest BCUT2D eigenvalue weighted by molar-refractivity contribution is 6.30. The largest absolute Gasteiger partial charge is 0.306 e. The van der Waals surface area contributed by atoms with E-state index in [9.17, 15) is 4.79 Å². The highest BCUT2D eigenvalue weighted by Crippen LogP contribution is 2.33. The summed E-state index contributed by atoms with van der Waals surface area (Å²) in [6.45, 7) is 0.148. The van der Waals surface area contributed by atoms with E-state index in [-0.39, 0.29) is 18.5 Å². The molecule has 2 aromatic rings. The van der Waals surface area contributed by atoms with Crippen LogP contribution in [0.25, 0.3) is 0 Å². The molecule has 128 valence electrons. The van der Waals surface area contributed by atoms with E-state index < -0.39 is 0 Å². The summed E-state index contributed by atoms with van der Waals surface area (Å²) in [4.78, 5) is 24.0. The third-order valence-electron chi connectivity index (χ3n) is 4.95. The minimum atomic E-state index is 0.0446. The second kappa shape index (κ2) is 6.96. The van der Waals surface area contributed by atoms with E-state index in [0.717, 1.165) is 42.6 Å². The van der Waals surface area contributed by atoms with Crippen molar-refractivity contribution in [3.05, 3.63) is 58.9 Å². The van der Waals surface area contributed by atoms with Crippen LogP contribution in [0.2, 0.25) is 5.15 Å². The highest BCUT2D eigenvalue weighted by atomic mass is 35.5. The molecule has 5 heteroatoms. The lowest BCUT2D eigenvalue weighted by Crippen LogP contribution is -2.42. The Hall–Kier alpha value is -2.20. The summed E-state index contributed by atoms with van der Waals surface area (Å²) in [5.41, 5.74) is 3.23. The van der Waals surface area contributed by atoms with Crippen molar-refractivity contribution in [1.29, 1.82) is 0 Å². The molecule has 2 aliphatic rings. The quantitative estimate of drug-likeness (QED) is 0.757. The Morgan fingerprint density at radius 3 is 2.52 bits per heavy atom. The van der Waals surface area contributed by atoms with Crippen molar-refractivity contribution >= 4 is 28.9 Å². The summed E-state index contributed by atoms with van der Waals surface area (Å²) in [7, 11) is 0. The Morgan fingerprint density at radius 1 is 1.00 bits per heavy atom. The predicted molar refractivity (Wildman–Crippen MR) is 101 cm³/mol. The Kier molecular flexibility index (Phi) is 4.53. The highest BCUT2D eigenvalue weighted by Gasteiger charge is 2.32. The Labute approximate surface area is 152 Å². The number of aliphatic imine (C=N–C) groups is 1. The number of pyridine rings is 1. The normalized spacial score (nSPS) is 18.5. The number of aromatic nitrogens is 1. The van der Waals surface area contributed by atoms with Gasteiger partial charge >= 0.3 is 0 Å². The van der Waals surface area contributed by atoms with Gasteiger partial charge in [-0.05, 0) is 25.0 Å². The van der Waals surface area contributed by atoms with Gasteiger partial charge in [0, 0.05) is 11.6 Å². The smallest absolute Gasteiger partial charge is 0.248 e. The summed E-state index contributed by atoms with van der Waals surface area (Å²) in [5, 5.41) is 0.417. The molecule has 1 amide bonds. The number of anilines is 1. The molecule has 0 atom stereocenters. The second-order valence-corrected chi connectivity index (χ2v) is 6.98. The molecule has 0 radical (unpaired) electrons. The zero-order valence-electron chi connectivity index (χ0n) is 14.0. The number of carbonyl (C=O) groups excluding carboxylic acids is 1. The van der Waals surface area contributed by atoms with Gasteiger partial charge in [-0.2, -0.15) is 0 Å². The minimum absolute atomic E-state index is 0.0446. The van der Waals surface area contributed by atoms with Gasteiger partial charge in [0.25, 0.3) is 0 Å². The molecule has 0 spiro atoms. The summed E-state index contributed by atoms with van der Waals surface area (Å²) < 4.78 is 0. The van der Waals surface area contributed by atoms with Gasteiger partial charge in [-0.15, -0.1) is 0 Å². The third-order valence-corrected chi connectivity index (χ3v) is 5.16. The average Bonchev–Trinajstić information content (AvgIpc) is 2.79. The first-order chi connectivity index (χ1) is 12.2. The van der Waals surface area contributed by atoms with E-state index >= 15 is 0 Å². The first kappa shape index (κ1) is 16.3. The van der Waals surface area contributed by atoms with E-state index in [1.165, 1.54) is 6.42 Å². The molecule has 1 saturated carbocycles. The Bertz CT molecular complexity index is 813. The summed E-state index contributed by atoms with van der Waals surface area (Å²) in [6, 6.07) is 13.8. The van der Waals surface area contributed by atoms with Crippen molar-refractivity contribution in [2.45, 2.75) is 38.1 Å². The van der Waals surface area contributed by atoms with Crippen LogP contribution in [-0.2, 0) is 4.79 Å². The van der Waals surface area contributed by atoms with Gasteiger partial charge in [-0.1, -0.05) is 61.2 Å². The number of hydrogen-bond acceptors (Lipinski definition) is 3. The van der Waals surface area contributed by atoms with Crippen LogP contribution >= 0.6 is 11.6 Å². The number of hydrogen-bond donors (Lipinski definition) is 0. The van der Waals surface area contributed by atoms with Crippen LogP contribution in [0.4, 0.5) is 5.69 Å². The van der Waals surface area contributed by atoms with Gasteiger partial charge < -0.3 is 4.90 Å². The second-order valence-electron chi connectivity index (χ2n) is 6.59. The molecule has 0 N–H and O–H groups in total. The van der Waals surface area contributed by atoms with Crippen LogP contribution in [0.15, 0.2) is 47.5 Å². The lowest BCUT2D eigenvalue weighted by Gasteiger charge is -2.34. The number of nitrogens with zero attached hydrogens (tertiary/aromatic N) is 3. The summed E-state index contributed by atoms with van der Waals surface area (Å²) in [6.07, 6.45) is 5.65. The molecule has 25 heavy (non-hydrogen) atoms. The van der Waals surface area contributed by atoms with Gasteiger partial charge in [-0.25, -0.2) is 4.98 Å². The van der Waals surface area contributed by atoms with Crippen LogP contribution in [0.3, 0.4) is 0 Å². The van der Waals surface area contributed by atoms with Crippen molar-refractivity contribution < 1.29 is 4.79 Å². The monoisotopic (exact) mass is 353 g/mol. The molecule has 2 heterocycles. The standard InChI is InChI=1S/C20H20ClN3O/c21-17-12-11-16-20(23-17)19(14-7-3-1-4-8-14)22-13-18(25)24(16)15-9-5-2-6-10-15/h1,3-4,7-8,11-12,15H,2,5-6,9-10,13H2. The molecule has 1 aliphatic heterocycles. The summed E-state index contributed by atoms with van der Waals surface area (Å²) in [5.74, 6) is 0.0446. The number of fused-ring (bicyclic) bond motifs is 1. The number of halogens is 1. The molecule has 0 unspecified atom stereocenters. The van der Waals surface area contributed by atoms with E-state index in [0.29, 0.717) is 10.8 Å². The van der Waals surface area contributed by atoms with E-state index in [2.05, 4.69) is 9.98 Å². The van der Waals surface area contributed by atoms with Crippen molar-refractivity contribution in [1.82, 2.24) is 4.98 Å². The maximum absolute atomic E-state index is 12.9. The lowest BCUT2D eigenvalue weighted by molar-refractivity contribution is -0.117. The maximum atomic E-state index is 12.9. The fourth-order valence-electron chi connectivity index (χ4n) is 3.79. The predicted octanol–water partition coefficient (Wildman–Crippen LogP) is 4.25. The molecule has 1 fully saturated rings. The number of benzene rings is 1. The van der Waals surface area contributed by atoms with Crippen LogP contribution in [0, 0.1) is 0 Å². The van der Waals surface area contributed by atoms with Gasteiger partial charge in [0.15, 0.2) is 0 Å². The zero-order valence-corrected chi connectivity index (χ0v) is 14.7. The summed E-state index contributed by atoms with van der Waals surface area (Å²) >= 11 is 6.18. The van der Waals surface area contributed by atoms with Gasteiger partial charge in [0.05, 0.1) is 11.4 Å². The Morgan fingerprint density at radius 2 is 1.76 bits per heavy atom. The third kappa shape index (κ3) is 3.19. The van der Waals surface area contributed by atoms with E-state index in [4.69, 9.17) is 11.6 Å². The number of rotatable bonds is 2. The molecule has 1 aromatic heterocycles. The van der Waals surface area contributed by atoms with Crippen molar-refractivity contribution in [3.8, 4) is 0 Å². The first-order valence-electron chi connectivity index (χ1n) is 8.83. The Balaban J connectivity index is 1.84. The fourth-order valence-corrected chi connectivity index (χ4v) is 3.94. The molecule has 0 bridgehead atoms. The van der Waals surface area contributed by atoms with Gasteiger partial charge in [0.1, 0.15) is 17.4 Å². The fraction of sp³-hybridized carbons (Fsp3) is 0.350. The zero-order chi connectivity index (χ0) is 17.2. The SMILES string of the molecule is O=C1CN=C(c2ccccc2)c2nc(Cl)ccc2N1C1CCCCC1. The van der Waals surface area contributed by atoms with Gasteiger partial charge in [-0.3, -0.25) is 9.79 Å². The maximum Gasteiger partial charge on any atom is 0.248 e. The van der Waals surface area contributed by atoms with Crippen LogP contribution < -0.4 is 4.90 Å².